The summed E-state index contributed by atoms with van der Waals surface area (Å²) in [5, 5.41) is 3.45. The molecule has 0 aliphatic carbocycles. The van der Waals surface area contributed by atoms with E-state index >= 15 is 0 Å². The van der Waals surface area contributed by atoms with Crippen molar-refractivity contribution in [1.82, 2.24) is 5.32 Å². The summed E-state index contributed by atoms with van der Waals surface area (Å²) in [5.74, 6) is 1.01. The lowest BCUT2D eigenvalue weighted by Crippen LogP contribution is -2.21. The van der Waals surface area contributed by atoms with E-state index in [0.717, 1.165) is 12.3 Å². The molecule has 1 N–H and O–H groups in total. The summed E-state index contributed by atoms with van der Waals surface area (Å²) < 4.78 is 6.01. The quantitative estimate of drug-likeness (QED) is 0.849. The SMILES string of the molecule is Cc1cc(CNC(C)C)cc(C)c1OCc1ccccc1. The number of benzene rings is 2. The molecule has 112 valence electrons. The second-order valence-electron chi connectivity index (χ2n) is 5.87. The first-order valence-electron chi connectivity index (χ1n) is 7.56. The van der Waals surface area contributed by atoms with E-state index in [1.165, 1.54) is 22.3 Å². The van der Waals surface area contributed by atoms with Crippen molar-refractivity contribution in [3.05, 3.63) is 64.7 Å². The molecule has 2 heteroatoms. The van der Waals surface area contributed by atoms with Crippen molar-refractivity contribution >= 4 is 0 Å². The third-order valence-corrected chi connectivity index (χ3v) is 3.46. The van der Waals surface area contributed by atoms with Gasteiger partial charge in [-0.15, -0.1) is 0 Å². The number of aryl methyl sites for hydroxylation is 2. The zero-order valence-corrected chi connectivity index (χ0v) is 13.4. The number of hydrogen-bond donors (Lipinski definition) is 1. The maximum atomic E-state index is 6.01. The largest absolute Gasteiger partial charge is 0.488 e. The van der Waals surface area contributed by atoms with Gasteiger partial charge in [-0.05, 0) is 36.1 Å². The van der Waals surface area contributed by atoms with Crippen molar-refractivity contribution in [2.75, 3.05) is 0 Å². The summed E-state index contributed by atoms with van der Waals surface area (Å²) in [5.41, 5.74) is 4.91. The van der Waals surface area contributed by atoms with Crippen LogP contribution < -0.4 is 10.1 Å². The van der Waals surface area contributed by atoms with E-state index in [9.17, 15) is 0 Å². The minimum Gasteiger partial charge on any atom is -0.488 e. The summed E-state index contributed by atoms with van der Waals surface area (Å²) in [6.07, 6.45) is 0. The van der Waals surface area contributed by atoms with Gasteiger partial charge in [0.1, 0.15) is 12.4 Å². The van der Waals surface area contributed by atoms with E-state index in [4.69, 9.17) is 4.74 Å². The van der Waals surface area contributed by atoms with E-state index in [2.05, 4.69) is 57.3 Å². The van der Waals surface area contributed by atoms with E-state index < -0.39 is 0 Å². The summed E-state index contributed by atoms with van der Waals surface area (Å²) in [6, 6.07) is 15.2. The van der Waals surface area contributed by atoms with Crippen molar-refractivity contribution in [3.8, 4) is 5.75 Å². The minimum atomic E-state index is 0.500. The molecule has 0 unspecified atom stereocenters. The van der Waals surface area contributed by atoms with Crippen LogP contribution in [0.15, 0.2) is 42.5 Å². The predicted molar refractivity (Wildman–Crippen MR) is 88.7 cm³/mol. The third kappa shape index (κ3) is 4.61. The van der Waals surface area contributed by atoms with E-state index in [-0.39, 0.29) is 0 Å². The molecule has 2 nitrogen and oxygen atoms in total. The van der Waals surface area contributed by atoms with Crippen LogP contribution in [0.4, 0.5) is 0 Å². The molecule has 0 saturated heterocycles. The van der Waals surface area contributed by atoms with Gasteiger partial charge in [0.2, 0.25) is 0 Å². The Morgan fingerprint density at radius 1 is 0.952 bits per heavy atom. The van der Waals surface area contributed by atoms with Crippen LogP contribution in [0.1, 0.15) is 36.1 Å². The molecule has 0 atom stereocenters. The summed E-state index contributed by atoms with van der Waals surface area (Å²) in [4.78, 5) is 0. The molecule has 0 spiro atoms. The van der Waals surface area contributed by atoms with Gasteiger partial charge >= 0.3 is 0 Å². The first-order chi connectivity index (χ1) is 10.1. The van der Waals surface area contributed by atoms with Crippen molar-refractivity contribution in [2.45, 2.75) is 46.9 Å². The molecule has 0 bridgehead atoms. The molecule has 0 radical (unpaired) electrons. The Kier molecular flexibility index (Phi) is 5.40. The van der Waals surface area contributed by atoms with Gasteiger partial charge in [0.25, 0.3) is 0 Å². The molecule has 0 fully saturated rings. The lowest BCUT2D eigenvalue weighted by Gasteiger charge is -2.15. The molecule has 2 aromatic carbocycles. The minimum absolute atomic E-state index is 0.500. The van der Waals surface area contributed by atoms with Crippen LogP contribution in [0.5, 0.6) is 5.75 Å². The van der Waals surface area contributed by atoms with Gasteiger partial charge in [-0.2, -0.15) is 0 Å². The number of nitrogens with one attached hydrogen (secondary N) is 1. The average Bonchev–Trinajstić information content (AvgIpc) is 2.45. The number of ether oxygens (including phenoxy) is 1. The molecule has 0 amide bonds. The fourth-order valence-corrected chi connectivity index (χ4v) is 2.42. The molecule has 0 heterocycles. The van der Waals surface area contributed by atoms with Crippen LogP contribution in [0.3, 0.4) is 0 Å². The van der Waals surface area contributed by atoms with Gasteiger partial charge in [0.15, 0.2) is 0 Å². The maximum absolute atomic E-state index is 6.01. The Morgan fingerprint density at radius 2 is 1.57 bits per heavy atom. The highest BCUT2D eigenvalue weighted by atomic mass is 16.5. The molecule has 0 aliphatic rings. The molecule has 2 aromatic rings. The summed E-state index contributed by atoms with van der Waals surface area (Å²) in [7, 11) is 0. The fraction of sp³-hybridized carbons (Fsp3) is 0.368. The van der Waals surface area contributed by atoms with Gasteiger partial charge < -0.3 is 10.1 Å². The van der Waals surface area contributed by atoms with Crippen LogP contribution in [-0.2, 0) is 13.2 Å². The fourth-order valence-electron chi connectivity index (χ4n) is 2.42. The maximum Gasteiger partial charge on any atom is 0.125 e. The summed E-state index contributed by atoms with van der Waals surface area (Å²) >= 11 is 0. The molecular formula is C19H25NO. The van der Waals surface area contributed by atoms with Gasteiger partial charge in [-0.25, -0.2) is 0 Å². The van der Waals surface area contributed by atoms with Gasteiger partial charge in [-0.1, -0.05) is 56.3 Å². The highest BCUT2D eigenvalue weighted by molar-refractivity contribution is 5.43. The molecule has 2 rings (SSSR count). The monoisotopic (exact) mass is 283 g/mol. The molecule has 21 heavy (non-hydrogen) atoms. The first kappa shape index (κ1) is 15.6. The molecule has 0 aliphatic heterocycles. The molecule has 0 saturated carbocycles. The second-order valence-corrected chi connectivity index (χ2v) is 5.87. The van der Waals surface area contributed by atoms with Gasteiger partial charge in [0.05, 0.1) is 0 Å². The lowest BCUT2D eigenvalue weighted by molar-refractivity contribution is 0.302. The number of rotatable bonds is 6. The zero-order valence-electron chi connectivity index (χ0n) is 13.4. The van der Waals surface area contributed by atoms with Crippen molar-refractivity contribution in [2.24, 2.45) is 0 Å². The van der Waals surface area contributed by atoms with Crippen LogP contribution >= 0.6 is 0 Å². The van der Waals surface area contributed by atoms with Gasteiger partial charge in [0, 0.05) is 12.6 Å². The smallest absolute Gasteiger partial charge is 0.125 e. The molecular weight excluding hydrogens is 258 g/mol. The van der Waals surface area contributed by atoms with E-state index in [0.29, 0.717) is 12.6 Å². The molecule has 0 aromatic heterocycles. The van der Waals surface area contributed by atoms with Crippen LogP contribution in [0, 0.1) is 13.8 Å². The van der Waals surface area contributed by atoms with Crippen molar-refractivity contribution < 1.29 is 4.74 Å². The lowest BCUT2D eigenvalue weighted by atomic mass is 10.1. The highest BCUT2D eigenvalue weighted by Crippen LogP contribution is 2.25. The van der Waals surface area contributed by atoms with E-state index in [1.54, 1.807) is 0 Å². The Labute approximate surface area is 128 Å². The van der Waals surface area contributed by atoms with Gasteiger partial charge in [-0.3, -0.25) is 0 Å². The Hall–Kier alpha value is -1.80. The highest BCUT2D eigenvalue weighted by Gasteiger charge is 2.07. The standard InChI is InChI=1S/C19H25NO/c1-14(2)20-12-18-10-15(3)19(16(4)11-18)21-13-17-8-6-5-7-9-17/h5-11,14,20H,12-13H2,1-4H3. The van der Waals surface area contributed by atoms with E-state index in [1.807, 2.05) is 18.2 Å². The Morgan fingerprint density at radius 3 is 2.14 bits per heavy atom. The van der Waals surface area contributed by atoms with Crippen LogP contribution in [-0.4, -0.2) is 6.04 Å². The van der Waals surface area contributed by atoms with Crippen molar-refractivity contribution in [1.29, 1.82) is 0 Å². The third-order valence-electron chi connectivity index (χ3n) is 3.46. The average molecular weight is 283 g/mol. The van der Waals surface area contributed by atoms with Crippen LogP contribution in [0.25, 0.3) is 0 Å². The van der Waals surface area contributed by atoms with Crippen LogP contribution in [0.2, 0.25) is 0 Å². The number of hydrogen-bond acceptors (Lipinski definition) is 2. The topological polar surface area (TPSA) is 21.3 Å². The summed E-state index contributed by atoms with van der Waals surface area (Å²) in [6.45, 7) is 10.1. The second kappa shape index (κ2) is 7.28. The predicted octanol–water partition coefficient (Wildman–Crippen LogP) is 4.38. The van der Waals surface area contributed by atoms with Crippen molar-refractivity contribution in [3.63, 3.8) is 0 Å². The zero-order chi connectivity index (χ0) is 15.2. The Bertz CT molecular complexity index is 552. The Balaban J connectivity index is 2.06. The first-order valence-corrected chi connectivity index (χ1v) is 7.56. The normalized spacial score (nSPS) is 10.9.